The van der Waals surface area contributed by atoms with Crippen molar-refractivity contribution in [2.75, 3.05) is 43.9 Å². The summed E-state index contributed by atoms with van der Waals surface area (Å²) in [6.45, 7) is 4.91. The van der Waals surface area contributed by atoms with Gasteiger partial charge >= 0.3 is 6.01 Å². The molecule has 2 rings (SSSR count). The molecule has 116 valence electrons. The fraction of sp³-hybridized carbons (Fsp3) is 0.692. The molecule has 1 aliphatic rings. The van der Waals surface area contributed by atoms with Crippen LogP contribution in [0.5, 0.6) is 6.01 Å². The number of carbonyl (C=O) groups is 1. The van der Waals surface area contributed by atoms with E-state index in [9.17, 15) is 4.79 Å². The van der Waals surface area contributed by atoms with E-state index in [4.69, 9.17) is 4.74 Å². The molecule has 0 aromatic carbocycles. The maximum Gasteiger partial charge on any atom is 0.322 e. The normalized spacial score (nSPS) is 14.1. The van der Waals surface area contributed by atoms with Crippen LogP contribution >= 0.6 is 0 Å². The molecule has 2 N–H and O–H groups in total. The number of hydrogen-bond acceptors (Lipinski definition) is 7. The quantitative estimate of drug-likeness (QED) is 0.766. The largest absolute Gasteiger partial charge is 0.467 e. The van der Waals surface area contributed by atoms with Crippen molar-refractivity contribution in [3.8, 4) is 6.01 Å². The van der Waals surface area contributed by atoms with E-state index in [0.29, 0.717) is 31.4 Å². The van der Waals surface area contributed by atoms with Crippen molar-refractivity contribution in [2.24, 2.45) is 0 Å². The highest BCUT2D eigenvalue weighted by molar-refractivity contribution is 5.76. The van der Waals surface area contributed by atoms with Crippen molar-refractivity contribution in [1.29, 1.82) is 0 Å². The van der Waals surface area contributed by atoms with Gasteiger partial charge in [0.15, 0.2) is 0 Å². The highest BCUT2D eigenvalue weighted by atomic mass is 16.5. The van der Waals surface area contributed by atoms with Crippen molar-refractivity contribution in [1.82, 2.24) is 19.9 Å². The van der Waals surface area contributed by atoms with Gasteiger partial charge in [-0.2, -0.15) is 15.0 Å². The van der Waals surface area contributed by atoms with E-state index in [2.05, 4.69) is 25.6 Å². The molecule has 8 nitrogen and oxygen atoms in total. The molecule has 1 aromatic heterocycles. The molecule has 21 heavy (non-hydrogen) atoms. The summed E-state index contributed by atoms with van der Waals surface area (Å²) in [6, 6.07) is 0.245. The Hall–Kier alpha value is -2.12. The van der Waals surface area contributed by atoms with Crippen molar-refractivity contribution >= 4 is 17.8 Å². The number of aromatic nitrogens is 3. The molecular weight excluding hydrogens is 272 g/mol. The summed E-state index contributed by atoms with van der Waals surface area (Å²) in [5, 5.41) is 6.05. The molecule has 0 aliphatic carbocycles. The van der Waals surface area contributed by atoms with Crippen LogP contribution in [0.2, 0.25) is 0 Å². The van der Waals surface area contributed by atoms with Gasteiger partial charge in [-0.25, -0.2) is 0 Å². The van der Waals surface area contributed by atoms with E-state index < -0.39 is 0 Å². The van der Waals surface area contributed by atoms with E-state index in [1.807, 2.05) is 11.8 Å². The third kappa shape index (κ3) is 4.44. The van der Waals surface area contributed by atoms with Gasteiger partial charge in [-0.05, 0) is 19.8 Å². The summed E-state index contributed by atoms with van der Waals surface area (Å²) in [5.41, 5.74) is 0. The van der Waals surface area contributed by atoms with Gasteiger partial charge < -0.3 is 20.3 Å². The predicted molar refractivity (Wildman–Crippen MR) is 79.5 cm³/mol. The lowest BCUT2D eigenvalue weighted by molar-refractivity contribution is -0.129. The summed E-state index contributed by atoms with van der Waals surface area (Å²) in [5.74, 6) is 1.04. The molecule has 1 amide bonds. The molecule has 1 aliphatic heterocycles. The van der Waals surface area contributed by atoms with Gasteiger partial charge in [0, 0.05) is 32.6 Å². The number of amides is 1. The zero-order valence-electron chi connectivity index (χ0n) is 12.6. The van der Waals surface area contributed by atoms with Crippen LogP contribution in [-0.4, -0.2) is 59.0 Å². The van der Waals surface area contributed by atoms with Gasteiger partial charge in [0.05, 0.1) is 7.11 Å². The van der Waals surface area contributed by atoms with E-state index in [0.717, 1.165) is 25.9 Å². The minimum Gasteiger partial charge on any atom is -0.467 e. The van der Waals surface area contributed by atoms with E-state index >= 15 is 0 Å². The van der Waals surface area contributed by atoms with E-state index in [1.165, 1.54) is 7.11 Å². The van der Waals surface area contributed by atoms with Crippen molar-refractivity contribution in [3.05, 3.63) is 0 Å². The first kappa shape index (κ1) is 15.3. The van der Waals surface area contributed by atoms with Gasteiger partial charge in [0.2, 0.25) is 17.8 Å². The number of methoxy groups -OCH3 is 1. The van der Waals surface area contributed by atoms with Gasteiger partial charge in [0.25, 0.3) is 0 Å². The fourth-order valence-electron chi connectivity index (χ4n) is 2.17. The minimum absolute atomic E-state index is 0.174. The second-order valence-corrected chi connectivity index (χ2v) is 4.76. The zero-order chi connectivity index (χ0) is 15.1. The topological polar surface area (TPSA) is 92.3 Å². The lowest BCUT2D eigenvalue weighted by Crippen LogP contribution is -2.29. The Kier molecular flexibility index (Phi) is 5.53. The van der Waals surface area contributed by atoms with Gasteiger partial charge in [-0.1, -0.05) is 0 Å². The van der Waals surface area contributed by atoms with Crippen LogP contribution in [0.3, 0.4) is 0 Å². The van der Waals surface area contributed by atoms with Gasteiger partial charge in [0.1, 0.15) is 0 Å². The Morgan fingerprint density at radius 3 is 2.48 bits per heavy atom. The SMILES string of the molecule is CCNc1nc(NCCC(=O)N2CCCC2)nc(OC)n1. The average Bonchev–Trinajstić information content (AvgIpc) is 3.01. The summed E-state index contributed by atoms with van der Waals surface area (Å²) in [7, 11) is 1.51. The Bertz CT molecular complexity index is 476. The maximum absolute atomic E-state index is 11.9. The molecule has 0 bridgehead atoms. The van der Waals surface area contributed by atoms with Crippen LogP contribution < -0.4 is 15.4 Å². The Labute approximate surface area is 124 Å². The summed E-state index contributed by atoms with van der Waals surface area (Å²) in [6.07, 6.45) is 2.65. The number of ether oxygens (including phenoxy) is 1. The number of nitrogens with one attached hydrogen (secondary N) is 2. The molecule has 1 aromatic rings. The second kappa shape index (κ2) is 7.61. The molecular formula is C13H22N6O2. The van der Waals surface area contributed by atoms with Gasteiger partial charge in [-0.3, -0.25) is 4.79 Å². The third-order valence-corrected chi connectivity index (χ3v) is 3.21. The number of hydrogen-bond donors (Lipinski definition) is 2. The molecule has 0 atom stereocenters. The fourth-order valence-corrected chi connectivity index (χ4v) is 2.17. The highest BCUT2D eigenvalue weighted by Crippen LogP contribution is 2.11. The Morgan fingerprint density at radius 1 is 1.19 bits per heavy atom. The standard InChI is InChI=1S/C13H22N6O2/c1-3-14-11-16-12(18-13(17-11)21-2)15-7-6-10(20)19-8-4-5-9-19/h3-9H2,1-2H3,(H2,14,15,16,17,18). The summed E-state index contributed by atoms with van der Waals surface area (Å²) >= 11 is 0. The van der Waals surface area contributed by atoms with Crippen LogP contribution in [0.1, 0.15) is 26.2 Å². The monoisotopic (exact) mass is 294 g/mol. The number of anilines is 2. The zero-order valence-corrected chi connectivity index (χ0v) is 12.6. The molecule has 0 unspecified atom stereocenters. The first-order valence-electron chi connectivity index (χ1n) is 7.28. The highest BCUT2D eigenvalue weighted by Gasteiger charge is 2.17. The summed E-state index contributed by atoms with van der Waals surface area (Å²) < 4.78 is 5.03. The molecule has 8 heteroatoms. The van der Waals surface area contributed by atoms with E-state index in [-0.39, 0.29) is 11.9 Å². The molecule has 0 saturated carbocycles. The number of rotatable bonds is 7. The lowest BCUT2D eigenvalue weighted by Gasteiger charge is -2.15. The van der Waals surface area contributed by atoms with Crippen LogP contribution in [0.25, 0.3) is 0 Å². The van der Waals surface area contributed by atoms with Crippen LogP contribution in [-0.2, 0) is 4.79 Å². The average molecular weight is 294 g/mol. The first-order valence-corrected chi connectivity index (χ1v) is 7.28. The summed E-state index contributed by atoms with van der Waals surface area (Å²) in [4.78, 5) is 26.2. The predicted octanol–water partition coefficient (Wildman–Crippen LogP) is 0.736. The number of nitrogens with zero attached hydrogens (tertiary/aromatic N) is 4. The first-order chi connectivity index (χ1) is 10.2. The second-order valence-electron chi connectivity index (χ2n) is 4.76. The molecule has 1 saturated heterocycles. The third-order valence-electron chi connectivity index (χ3n) is 3.21. The van der Waals surface area contributed by atoms with Crippen LogP contribution in [0.15, 0.2) is 0 Å². The molecule has 2 heterocycles. The Morgan fingerprint density at radius 2 is 1.86 bits per heavy atom. The smallest absolute Gasteiger partial charge is 0.322 e. The van der Waals surface area contributed by atoms with Gasteiger partial charge in [-0.15, -0.1) is 0 Å². The van der Waals surface area contributed by atoms with Crippen molar-refractivity contribution < 1.29 is 9.53 Å². The maximum atomic E-state index is 11.9. The van der Waals surface area contributed by atoms with Crippen molar-refractivity contribution in [2.45, 2.75) is 26.2 Å². The number of carbonyl (C=O) groups excluding carboxylic acids is 1. The lowest BCUT2D eigenvalue weighted by atomic mass is 10.3. The van der Waals surface area contributed by atoms with Crippen LogP contribution in [0, 0.1) is 0 Å². The molecule has 0 spiro atoms. The molecule has 0 radical (unpaired) electrons. The van der Waals surface area contributed by atoms with Crippen LogP contribution in [0.4, 0.5) is 11.9 Å². The van der Waals surface area contributed by atoms with E-state index in [1.54, 1.807) is 0 Å². The number of likely N-dealkylation sites (tertiary alicyclic amines) is 1. The Balaban J connectivity index is 1.86. The minimum atomic E-state index is 0.174. The van der Waals surface area contributed by atoms with Crippen molar-refractivity contribution in [3.63, 3.8) is 0 Å². The molecule has 1 fully saturated rings.